The van der Waals surface area contributed by atoms with Crippen LogP contribution in [-0.2, 0) is 28.6 Å². The van der Waals surface area contributed by atoms with Crippen molar-refractivity contribution in [3.63, 3.8) is 0 Å². The normalized spacial score (nSPS) is 12.2. The van der Waals surface area contributed by atoms with E-state index < -0.39 is 0 Å². The fourth-order valence-corrected chi connectivity index (χ4v) is 4.77. The number of phenols is 3. The maximum absolute atomic E-state index is 11.4. The van der Waals surface area contributed by atoms with Crippen LogP contribution in [0.15, 0.2) is 65.8 Å². The molecule has 0 saturated carbocycles. The smallest absolute Gasteiger partial charge is 0.305 e. The summed E-state index contributed by atoms with van der Waals surface area (Å²) < 4.78 is 31.0. The second-order valence-electron chi connectivity index (χ2n) is 11.1. The highest BCUT2D eigenvalue weighted by atomic mass is 16.5. The van der Waals surface area contributed by atoms with Crippen molar-refractivity contribution >= 4 is 35.0 Å². The lowest BCUT2D eigenvalue weighted by molar-refractivity contribution is -0.141. The van der Waals surface area contributed by atoms with Gasteiger partial charge in [-0.15, -0.1) is 0 Å². The number of hydrogen-bond donors (Lipinski definition) is 4. The van der Waals surface area contributed by atoms with E-state index in [1.807, 2.05) is 0 Å². The van der Waals surface area contributed by atoms with Crippen LogP contribution in [0, 0.1) is 0 Å². The number of allylic oxidation sites excluding steroid dienone is 1. The summed E-state index contributed by atoms with van der Waals surface area (Å²) in [4.78, 5) is 34.1. The maximum atomic E-state index is 11.4. The van der Waals surface area contributed by atoms with Crippen molar-refractivity contribution in [3.05, 3.63) is 71.8 Å². The van der Waals surface area contributed by atoms with Gasteiger partial charge in [0.25, 0.3) is 0 Å². The van der Waals surface area contributed by atoms with Crippen LogP contribution in [0.25, 0.3) is 5.70 Å². The highest BCUT2D eigenvalue weighted by molar-refractivity contribution is 6.15. The van der Waals surface area contributed by atoms with Crippen molar-refractivity contribution in [2.24, 2.45) is 5.10 Å². The van der Waals surface area contributed by atoms with Crippen LogP contribution in [0.2, 0.25) is 0 Å². The molecule has 0 bridgehead atoms. The van der Waals surface area contributed by atoms with Gasteiger partial charge in [-0.2, -0.15) is 10.2 Å². The van der Waals surface area contributed by atoms with Gasteiger partial charge in [-0.1, -0.05) is 0 Å². The van der Waals surface area contributed by atoms with Gasteiger partial charge >= 0.3 is 17.9 Å². The van der Waals surface area contributed by atoms with E-state index in [9.17, 15) is 29.7 Å². The van der Waals surface area contributed by atoms with Crippen molar-refractivity contribution in [2.75, 3.05) is 46.3 Å². The van der Waals surface area contributed by atoms with Gasteiger partial charge in [0.15, 0.2) is 0 Å². The second-order valence-corrected chi connectivity index (χ2v) is 11.1. The van der Waals surface area contributed by atoms with Crippen LogP contribution in [0.4, 0.5) is 5.69 Å². The standard InChI is InChI=1S/C36H41N3O12/c1-46-34(43)7-4-16-49-23-10-13-26(31(40)19-23)28-22-29(27-14-11-24(20-32(27)41)50-17-5-8-35(44)47-2)38-39(37-28)30-15-12-25(21-33(30)42)51-18-6-9-36(45)48-3/h10-15,19-22,37,40-42H,4-9,16-18H2,1-3H3. The highest BCUT2D eigenvalue weighted by Crippen LogP contribution is 2.36. The lowest BCUT2D eigenvalue weighted by Gasteiger charge is -2.29. The highest BCUT2D eigenvalue weighted by Gasteiger charge is 2.23. The van der Waals surface area contributed by atoms with E-state index in [1.54, 1.807) is 42.5 Å². The molecule has 0 unspecified atom stereocenters. The summed E-state index contributed by atoms with van der Waals surface area (Å²) in [5.74, 6) is -0.425. The van der Waals surface area contributed by atoms with Gasteiger partial charge in [0, 0.05) is 48.6 Å². The Kier molecular flexibility index (Phi) is 13.7. The molecule has 0 saturated heterocycles. The van der Waals surface area contributed by atoms with Crippen molar-refractivity contribution in [2.45, 2.75) is 38.5 Å². The topological polar surface area (TPSA) is 195 Å². The van der Waals surface area contributed by atoms with Crippen LogP contribution >= 0.6 is 0 Å². The molecular formula is C36H41N3O12. The number of nitrogens with one attached hydrogen (secondary N) is 1. The van der Waals surface area contributed by atoms with Crippen LogP contribution in [0.5, 0.6) is 34.5 Å². The third kappa shape index (κ3) is 10.9. The molecule has 4 N–H and O–H groups in total. The summed E-state index contributed by atoms with van der Waals surface area (Å²) >= 11 is 0. The van der Waals surface area contributed by atoms with E-state index in [4.69, 9.17) is 14.2 Å². The number of anilines is 1. The molecule has 0 spiro atoms. The van der Waals surface area contributed by atoms with Gasteiger partial charge in [-0.3, -0.25) is 19.8 Å². The molecule has 1 aliphatic rings. The monoisotopic (exact) mass is 707 g/mol. The van der Waals surface area contributed by atoms with Crippen molar-refractivity contribution in [1.29, 1.82) is 0 Å². The molecule has 3 aromatic carbocycles. The number of phenolic OH excluding ortho intramolecular Hbond substituents is 3. The Morgan fingerprint density at radius 3 is 1.49 bits per heavy atom. The van der Waals surface area contributed by atoms with Gasteiger partial charge in [-0.05, 0) is 61.7 Å². The first-order valence-corrected chi connectivity index (χ1v) is 16.1. The summed E-state index contributed by atoms with van der Waals surface area (Å²) in [6.45, 7) is 0.679. The number of benzene rings is 3. The fourth-order valence-electron chi connectivity index (χ4n) is 4.77. The Labute approximate surface area is 294 Å². The van der Waals surface area contributed by atoms with E-state index in [0.29, 0.717) is 53.3 Å². The number of methoxy groups -OCH3 is 3. The molecule has 4 rings (SSSR count). The quantitative estimate of drug-likeness (QED) is 0.0816. The molecule has 15 heteroatoms. The molecule has 1 heterocycles. The lowest BCUT2D eigenvalue weighted by atomic mass is 10.0. The average molecular weight is 708 g/mol. The first-order valence-electron chi connectivity index (χ1n) is 16.1. The van der Waals surface area contributed by atoms with Gasteiger partial charge in [-0.25, -0.2) is 0 Å². The van der Waals surface area contributed by atoms with Crippen LogP contribution in [0.3, 0.4) is 0 Å². The molecule has 272 valence electrons. The molecular weight excluding hydrogens is 666 g/mol. The Balaban J connectivity index is 1.58. The fraction of sp³-hybridized carbons (Fsp3) is 0.333. The van der Waals surface area contributed by atoms with Crippen molar-refractivity contribution < 1.29 is 58.1 Å². The van der Waals surface area contributed by atoms with Crippen LogP contribution < -0.4 is 24.8 Å². The summed E-state index contributed by atoms with van der Waals surface area (Å²) in [7, 11) is 3.95. The zero-order chi connectivity index (χ0) is 36.8. The molecule has 3 aromatic rings. The number of hydrogen-bond acceptors (Lipinski definition) is 15. The number of nitrogens with zero attached hydrogens (tertiary/aromatic N) is 2. The summed E-state index contributed by atoms with van der Waals surface area (Å²) in [6.07, 6.45) is 3.47. The summed E-state index contributed by atoms with van der Waals surface area (Å²) in [6, 6.07) is 14.0. The van der Waals surface area contributed by atoms with Gasteiger partial charge in [0.2, 0.25) is 0 Å². The molecule has 15 nitrogen and oxygen atoms in total. The number of aromatic hydroxyl groups is 3. The van der Waals surface area contributed by atoms with Gasteiger partial charge < -0.3 is 43.7 Å². The van der Waals surface area contributed by atoms with Crippen molar-refractivity contribution in [3.8, 4) is 34.5 Å². The van der Waals surface area contributed by atoms with Crippen LogP contribution in [0.1, 0.15) is 49.7 Å². The molecule has 0 atom stereocenters. The van der Waals surface area contributed by atoms with E-state index in [1.165, 1.54) is 44.6 Å². The number of ether oxygens (including phenoxy) is 6. The third-order valence-electron chi connectivity index (χ3n) is 7.46. The minimum absolute atomic E-state index is 0.139. The maximum Gasteiger partial charge on any atom is 0.305 e. The van der Waals surface area contributed by atoms with Crippen molar-refractivity contribution in [1.82, 2.24) is 5.43 Å². The van der Waals surface area contributed by atoms with E-state index >= 15 is 0 Å². The first kappa shape index (κ1) is 37.7. The molecule has 0 aromatic heterocycles. The largest absolute Gasteiger partial charge is 0.507 e. The Morgan fingerprint density at radius 1 is 0.627 bits per heavy atom. The molecule has 0 fully saturated rings. The number of hydrazine groups is 1. The molecule has 51 heavy (non-hydrogen) atoms. The molecule has 1 aliphatic heterocycles. The predicted molar refractivity (Wildman–Crippen MR) is 185 cm³/mol. The Hall–Kier alpha value is -6.12. The zero-order valence-corrected chi connectivity index (χ0v) is 28.5. The number of carbonyl (C=O) groups excluding carboxylic acids is 3. The summed E-state index contributed by atoms with van der Waals surface area (Å²) in [5, 5.41) is 39.0. The zero-order valence-electron chi connectivity index (χ0n) is 28.5. The van der Waals surface area contributed by atoms with Gasteiger partial charge in [0.1, 0.15) is 40.2 Å². The minimum atomic E-state index is -0.349. The SMILES string of the molecule is COC(=O)CCCOc1ccc(C2=CC(c3ccc(OCCCC(=O)OC)cc3O)=NN(c3ccc(OCCCC(=O)OC)cc3O)N2)c(O)c1. The number of carbonyl (C=O) groups is 3. The van der Waals surface area contributed by atoms with E-state index in [2.05, 4.69) is 24.7 Å². The molecule has 0 aliphatic carbocycles. The third-order valence-corrected chi connectivity index (χ3v) is 7.46. The lowest BCUT2D eigenvalue weighted by Crippen LogP contribution is -2.36. The Morgan fingerprint density at radius 2 is 1.06 bits per heavy atom. The molecule has 0 amide bonds. The number of rotatable bonds is 18. The van der Waals surface area contributed by atoms with E-state index in [0.717, 1.165) is 0 Å². The van der Waals surface area contributed by atoms with Gasteiger partial charge in [0.05, 0.1) is 52.6 Å². The minimum Gasteiger partial charge on any atom is -0.507 e. The average Bonchev–Trinajstić information content (AvgIpc) is 3.13. The van der Waals surface area contributed by atoms with Crippen LogP contribution in [-0.4, -0.2) is 80.1 Å². The summed E-state index contributed by atoms with van der Waals surface area (Å²) in [5.41, 5.74) is 4.60. The number of esters is 3. The Bertz CT molecular complexity index is 1760. The predicted octanol–water partition coefficient (Wildman–Crippen LogP) is 4.57. The number of hydrazone groups is 1. The first-order chi connectivity index (χ1) is 24.6. The second kappa shape index (κ2) is 18.6. The van der Waals surface area contributed by atoms with E-state index in [-0.39, 0.29) is 85.6 Å². The molecule has 0 radical (unpaired) electrons.